The number of benzene rings is 1. The van der Waals surface area contributed by atoms with Crippen molar-refractivity contribution in [2.24, 2.45) is 0 Å². The van der Waals surface area contributed by atoms with Gasteiger partial charge in [-0.15, -0.1) is 0 Å². The second-order valence-corrected chi connectivity index (χ2v) is 3.89. The molecule has 0 saturated carbocycles. The minimum absolute atomic E-state index is 0.0300. The third kappa shape index (κ3) is 2.68. The lowest BCUT2D eigenvalue weighted by atomic mass is 10.1. The van der Waals surface area contributed by atoms with E-state index in [-0.39, 0.29) is 18.7 Å². The molecule has 5 heteroatoms. The van der Waals surface area contributed by atoms with E-state index < -0.39 is 0 Å². The van der Waals surface area contributed by atoms with Crippen molar-refractivity contribution < 1.29 is 14.3 Å². The van der Waals surface area contributed by atoms with E-state index in [0.717, 1.165) is 17.1 Å². The van der Waals surface area contributed by atoms with Crippen LogP contribution in [0, 0.1) is 0 Å². The van der Waals surface area contributed by atoms with Crippen LogP contribution >= 0.6 is 0 Å². The first-order valence-electron chi connectivity index (χ1n) is 5.54. The number of ether oxygens (including phenoxy) is 2. The molecule has 5 nitrogen and oxygen atoms in total. The van der Waals surface area contributed by atoms with E-state index in [4.69, 9.17) is 9.47 Å². The summed E-state index contributed by atoms with van der Waals surface area (Å²) in [6, 6.07) is 5.87. The number of rotatable bonds is 4. The van der Waals surface area contributed by atoms with E-state index in [1.807, 2.05) is 25.1 Å². The fraction of sp³-hybridized carbons (Fsp3) is 0.417. The second kappa shape index (κ2) is 5.05. The molecule has 0 spiro atoms. The zero-order valence-corrected chi connectivity index (χ0v) is 9.95. The van der Waals surface area contributed by atoms with Gasteiger partial charge in [0, 0.05) is 13.1 Å². The van der Waals surface area contributed by atoms with Crippen LogP contribution < -0.4 is 20.1 Å². The predicted molar refractivity (Wildman–Crippen MR) is 63.0 cm³/mol. The summed E-state index contributed by atoms with van der Waals surface area (Å²) in [7, 11) is 1.62. The standard InChI is InChI=1S/C12H16N2O3/c1-8(14-6-12(15)13-2)9-3-4-10-11(5-9)17-7-16-10/h3-5,8,14H,6-7H2,1-2H3,(H,13,15). The van der Waals surface area contributed by atoms with E-state index >= 15 is 0 Å². The fourth-order valence-corrected chi connectivity index (χ4v) is 1.63. The number of hydrogen-bond acceptors (Lipinski definition) is 4. The first kappa shape index (κ1) is 11.7. The molecule has 0 aliphatic carbocycles. The number of carbonyl (C=O) groups excluding carboxylic acids is 1. The fourth-order valence-electron chi connectivity index (χ4n) is 1.63. The highest BCUT2D eigenvalue weighted by Gasteiger charge is 2.15. The zero-order valence-electron chi connectivity index (χ0n) is 9.95. The van der Waals surface area contributed by atoms with Crippen molar-refractivity contribution in [1.82, 2.24) is 10.6 Å². The van der Waals surface area contributed by atoms with Crippen LogP contribution in [0.3, 0.4) is 0 Å². The molecule has 92 valence electrons. The molecule has 1 heterocycles. The SMILES string of the molecule is CNC(=O)CNC(C)c1ccc2c(c1)OCO2. The molecular formula is C12H16N2O3. The van der Waals surface area contributed by atoms with Crippen molar-refractivity contribution in [3.05, 3.63) is 23.8 Å². The third-order valence-electron chi connectivity index (χ3n) is 2.74. The monoisotopic (exact) mass is 236 g/mol. The van der Waals surface area contributed by atoms with Gasteiger partial charge in [0.15, 0.2) is 11.5 Å². The lowest BCUT2D eigenvalue weighted by molar-refractivity contribution is -0.119. The van der Waals surface area contributed by atoms with Gasteiger partial charge in [-0.2, -0.15) is 0 Å². The summed E-state index contributed by atoms with van der Waals surface area (Å²) in [4.78, 5) is 11.1. The average Bonchev–Trinajstić information content (AvgIpc) is 2.82. The summed E-state index contributed by atoms with van der Waals surface area (Å²) in [6.45, 7) is 2.57. The van der Waals surface area contributed by atoms with Gasteiger partial charge in [-0.3, -0.25) is 4.79 Å². The first-order chi connectivity index (χ1) is 8.20. The number of nitrogens with one attached hydrogen (secondary N) is 2. The van der Waals surface area contributed by atoms with Gasteiger partial charge in [-0.05, 0) is 24.6 Å². The number of likely N-dealkylation sites (N-methyl/N-ethyl adjacent to an activating group) is 1. The van der Waals surface area contributed by atoms with Crippen LogP contribution in [0.4, 0.5) is 0 Å². The molecule has 1 aliphatic heterocycles. The Balaban J connectivity index is 1.99. The number of amides is 1. The van der Waals surface area contributed by atoms with Gasteiger partial charge in [0.2, 0.25) is 12.7 Å². The molecule has 0 bridgehead atoms. The molecule has 0 radical (unpaired) electrons. The molecule has 0 saturated heterocycles. The molecule has 1 unspecified atom stereocenters. The Morgan fingerprint density at radius 1 is 1.41 bits per heavy atom. The van der Waals surface area contributed by atoms with E-state index in [0.29, 0.717) is 6.54 Å². The maximum absolute atomic E-state index is 11.1. The van der Waals surface area contributed by atoms with E-state index in [2.05, 4.69) is 10.6 Å². The van der Waals surface area contributed by atoms with Crippen molar-refractivity contribution in [3.8, 4) is 11.5 Å². The molecule has 1 aromatic carbocycles. The Morgan fingerprint density at radius 2 is 2.18 bits per heavy atom. The normalized spacial score (nSPS) is 14.5. The zero-order chi connectivity index (χ0) is 12.3. The topological polar surface area (TPSA) is 59.6 Å². The van der Waals surface area contributed by atoms with Gasteiger partial charge in [0.1, 0.15) is 0 Å². The van der Waals surface area contributed by atoms with Gasteiger partial charge >= 0.3 is 0 Å². The van der Waals surface area contributed by atoms with Crippen molar-refractivity contribution in [3.63, 3.8) is 0 Å². The molecular weight excluding hydrogens is 220 g/mol. The quantitative estimate of drug-likeness (QED) is 0.812. The molecule has 1 aromatic rings. The second-order valence-electron chi connectivity index (χ2n) is 3.89. The van der Waals surface area contributed by atoms with Crippen molar-refractivity contribution >= 4 is 5.91 Å². The smallest absolute Gasteiger partial charge is 0.233 e. The van der Waals surface area contributed by atoms with Crippen molar-refractivity contribution in [2.45, 2.75) is 13.0 Å². The molecule has 2 N–H and O–H groups in total. The van der Waals surface area contributed by atoms with Crippen LogP contribution in [0.1, 0.15) is 18.5 Å². The molecule has 0 aromatic heterocycles. The molecule has 0 fully saturated rings. The maximum Gasteiger partial charge on any atom is 0.233 e. The van der Waals surface area contributed by atoms with Crippen LogP contribution in [0.25, 0.3) is 0 Å². The number of hydrogen-bond donors (Lipinski definition) is 2. The highest BCUT2D eigenvalue weighted by atomic mass is 16.7. The largest absolute Gasteiger partial charge is 0.454 e. The first-order valence-corrected chi connectivity index (χ1v) is 5.54. The number of carbonyl (C=O) groups is 1. The van der Waals surface area contributed by atoms with Gasteiger partial charge in [-0.1, -0.05) is 6.07 Å². The van der Waals surface area contributed by atoms with Crippen molar-refractivity contribution in [1.29, 1.82) is 0 Å². The van der Waals surface area contributed by atoms with Crippen LogP contribution in [0.15, 0.2) is 18.2 Å². The van der Waals surface area contributed by atoms with Crippen LogP contribution in [-0.4, -0.2) is 26.3 Å². The summed E-state index contributed by atoms with van der Waals surface area (Å²) in [5.41, 5.74) is 1.07. The Morgan fingerprint density at radius 3 is 2.94 bits per heavy atom. The van der Waals surface area contributed by atoms with Gasteiger partial charge < -0.3 is 20.1 Å². The third-order valence-corrected chi connectivity index (χ3v) is 2.74. The predicted octanol–water partition coefficient (Wildman–Crippen LogP) is 0.812. The molecule has 1 aliphatic rings. The van der Waals surface area contributed by atoms with E-state index in [1.54, 1.807) is 7.05 Å². The maximum atomic E-state index is 11.1. The Bertz CT molecular complexity index is 420. The summed E-state index contributed by atoms with van der Waals surface area (Å²) in [5.74, 6) is 1.50. The molecule has 1 amide bonds. The van der Waals surface area contributed by atoms with Crippen LogP contribution in [-0.2, 0) is 4.79 Å². The van der Waals surface area contributed by atoms with Gasteiger partial charge in [-0.25, -0.2) is 0 Å². The van der Waals surface area contributed by atoms with Crippen molar-refractivity contribution in [2.75, 3.05) is 20.4 Å². The highest BCUT2D eigenvalue weighted by Crippen LogP contribution is 2.33. The molecule has 1 atom stereocenters. The average molecular weight is 236 g/mol. The molecule has 2 rings (SSSR count). The van der Waals surface area contributed by atoms with Crippen LogP contribution in [0.2, 0.25) is 0 Å². The lowest BCUT2D eigenvalue weighted by Gasteiger charge is -2.14. The molecule has 17 heavy (non-hydrogen) atoms. The Hall–Kier alpha value is -1.75. The Kier molecular flexibility index (Phi) is 3.49. The summed E-state index contributed by atoms with van der Waals surface area (Å²) < 4.78 is 10.5. The lowest BCUT2D eigenvalue weighted by Crippen LogP contribution is -2.32. The minimum Gasteiger partial charge on any atom is -0.454 e. The van der Waals surface area contributed by atoms with E-state index in [1.165, 1.54) is 0 Å². The van der Waals surface area contributed by atoms with Crippen LogP contribution in [0.5, 0.6) is 11.5 Å². The van der Waals surface area contributed by atoms with Gasteiger partial charge in [0.05, 0.1) is 6.54 Å². The Labute approximate surface area is 100 Å². The summed E-state index contributed by atoms with van der Waals surface area (Å²) >= 11 is 0. The van der Waals surface area contributed by atoms with Gasteiger partial charge in [0.25, 0.3) is 0 Å². The minimum atomic E-state index is -0.0300. The van der Waals surface area contributed by atoms with E-state index in [9.17, 15) is 4.79 Å². The summed E-state index contributed by atoms with van der Waals surface area (Å²) in [6.07, 6.45) is 0. The number of fused-ring (bicyclic) bond motifs is 1. The summed E-state index contributed by atoms with van der Waals surface area (Å²) in [5, 5.41) is 5.70. The highest BCUT2D eigenvalue weighted by molar-refractivity contribution is 5.77.